The Morgan fingerprint density at radius 1 is 0.903 bits per heavy atom. The first kappa shape index (κ1) is 20.9. The fourth-order valence-corrected chi connectivity index (χ4v) is 4.22. The average Bonchev–Trinajstić information content (AvgIpc) is 3.08. The van der Waals surface area contributed by atoms with Gasteiger partial charge in [-0.25, -0.2) is 0 Å². The predicted octanol–water partition coefficient (Wildman–Crippen LogP) is 4.78. The molecule has 0 unspecified atom stereocenters. The number of likely N-dealkylation sites (tertiary alicyclic amines) is 1. The van der Waals surface area contributed by atoms with E-state index in [1.165, 1.54) is 5.69 Å². The van der Waals surface area contributed by atoms with Crippen molar-refractivity contribution in [3.8, 4) is 5.75 Å². The van der Waals surface area contributed by atoms with Gasteiger partial charge in [0.1, 0.15) is 5.75 Å². The second kappa shape index (κ2) is 9.65. The molecule has 1 aliphatic heterocycles. The Labute approximate surface area is 183 Å². The van der Waals surface area contributed by atoms with Gasteiger partial charge in [0.2, 0.25) is 0 Å². The first-order valence-electron chi connectivity index (χ1n) is 10.9. The summed E-state index contributed by atoms with van der Waals surface area (Å²) < 4.78 is 7.89. The number of nitrogens with zero attached hydrogens (tertiary/aromatic N) is 2. The summed E-state index contributed by atoms with van der Waals surface area (Å²) in [5, 5.41) is 0. The van der Waals surface area contributed by atoms with Crippen LogP contribution in [0.15, 0.2) is 72.9 Å². The number of hydrogen-bond acceptors (Lipinski definition) is 3. The number of ether oxygens (including phenoxy) is 1. The molecule has 2 aromatic carbocycles. The molecule has 31 heavy (non-hydrogen) atoms. The van der Waals surface area contributed by atoms with Crippen LogP contribution in [0.2, 0.25) is 0 Å². The van der Waals surface area contributed by atoms with Gasteiger partial charge in [0, 0.05) is 36.6 Å². The monoisotopic (exact) mass is 416 g/mol. The van der Waals surface area contributed by atoms with Crippen molar-refractivity contribution < 1.29 is 14.3 Å². The third kappa shape index (κ3) is 4.88. The third-order valence-electron chi connectivity index (χ3n) is 5.91. The number of amides is 1. The van der Waals surface area contributed by atoms with E-state index in [2.05, 4.69) is 10.6 Å². The topological polar surface area (TPSA) is 51.5 Å². The highest BCUT2D eigenvalue weighted by Crippen LogP contribution is 2.30. The first-order valence-corrected chi connectivity index (χ1v) is 10.9. The Balaban J connectivity index is 1.40. The van der Waals surface area contributed by atoms with Crippen molar-refractivity contribution in [3.05, 3.63) is 89.7 Å². The highest BCUT2D eigenvalue weighted by molar-refractivity contribution is 6.08. The zero-order chi connectivity index (χ0) is 21.6. The fraction of sp³-hybridized carbons (Fsp3) is 0.308. The van der Waals surface area contributed by atoms with Crippen molar-refractivity contribution >= 4 is 11.7 Å². The standard InChI is InChI=1S/C26H28N2O3/c1-27-17-8-12-23(27)24-11-6-3-7-18-28(24)25(29)19-31-22-15-13-21(14-16-22)26(30)20-9-4-2-5-10-20/h2,4-5,8-10,12-17,24H,3,6-7,11,18-19H2,1H3/t24-/m0/s1. The second-order valence-electron chi connectivity index (χ2n) is 8.00. The largest absolute Gasteiger partial charge is 0.484 e. The predicted molar refractivity (Wildman–Crippen MR) is 120 cm³/mol. The molecule has 1 fully saturated rings. The molecule has 1 aliphatic rings. The minimum absolute atomic E-state index is 0.00228. The molecule has 1 amide bonds. The molecular weight excluding hydrogens is 388 g/mol. The van der Waals surface area contributed by atoms with Crippen molar-refractivity contribution in [3.63, 3.8) is 0 Å². The van der Waals surface area contributed by atoms with Crippen LogP contribution in [0.25, 0.3) is 0 Å². The lowest BCUT2D eigenvalue weighted by Crippen LogP contribution is -2.38. The average molecular weight is 417 g/mol. The van der Waals surface area contributed by atoms with Gasteiger partial charge in [-0.2, -0.15) is 0 Å². The number of hydrogen-bond donors (Lipinski definition) is 0. The van der Waals surface area contributed by atoms with Crippen LogP contribution in [0.3, 0.4) is 0 Å². The summed E-state index contributed by atoms with van der Waals surface area (Å²) in [7, 11) is 2.03. The van der Waals surface area contributed by atoms with Gasteiger partial charge in [0.05, 0.1) is 6.04 Å². The van der Waals surface area contributed by atoms with Crippen LogP contribution < -0.4 is 4.74 Å². The quantitative estimate of drug-likeness (QED) is 0.544. The molecular formula is C26H28N2O3. The van der Waals surface area contributed by atoms with Gasteiger partial charge < -0.3 is 14.2 Å². The van der Waals surface area contributed by atoms with Gasteiger partial charge in [-0.3, -0.25) is 9.59 Å². The number of aryl methyl sites for hydroxylation is 1. The lowest BCUT2D eigenvalue weighted by molar-refractivity contribution is -0.136. The van der Waals surface area contributed by atoms with Crippen LogP contribution in [0.4, 0.5) is 0 Å². The molecule has 0 N–H and O–H groups in total. The summed E-state index contributed by atoms with van der Waals surface area (Å²) in [6, 6.07) is 20.4. The van der Waals surface area contributed by atoms with E-state index in [4.69, 9.17) is 4.74 Å². The number of rotatable bonds is 6. The molecule has 0 saturated carbocycles. The lowest BCUT2D eigenvalue weighted by Gasteiger charge is -2.30. The number of carbonyl (C=O) groups is 2. The minimum atomic E-state index is -0.0294. The first-order chi connectivity index (χ1) is 15.1. The molecule has 4 rings (SSSR count). The summed E-state index contributed by atoms with van der Waals surface area (Å²) in [5.74, 6) is 0.555. The molecule has 1 saturated heterocycles. The molecule has 160 valence electrons. The van der Waals surface area contributed by atoms with E-state index in [0.29, 0.717) is 16.9 Å². The van der Waals surface area contributed by atoms with Crippen LogP contribution in [0, 0.1) is 0 Å². The summed E-state index contributed by atoms with van der Waals surface area (Å²) >= 11 is 0. The molecule has 3 aromatic rings. The van der Waals surface area contributed by atoms with E-state index in [1.54, 1.807) is 36.4 Å². The van der Waals surface area contributed by atoms with Crippen LogP contribution in [0.1, 0.15) is 53.3 Å². The molecule has 5 nitrogen and oxygen atoms in total. The maximum absolute atomic E-state index is 13.0. The summed E-state index contributed by atoms with van der Waals surface area (Å²) in [4.78, 5) is 27.5. The highest BCUT2D eigenvalue weighted by atomic mass is 16.5. The summed E-state index contributed by atoms with van der Waals surface area (Å²) in [5.41, 5.74) is 2.42. The molecule has 0 bridgehead atoms. The van der Waals surface area contributed by atoms with E-state index in [1.807, 2.05) is 42.4 Å². The van der Waals surface area contributed by atoms with Crippen LogP contribution in [-0.2, 0) is 11.8 Å². The van der Waals surface area contributed by atoms with E-state index in [9.17, 15) is 9.59 Å². The minimum Gasteiger partial charge on any atom is -0.484 e. The molecule has 0 spiro atoms. The Bertz CT molecular complexity index is 1020. The Morgan fingerprint density at radius 3 is 2.35 bits per heavy atom. The van der Waals surface area contributed by atoms with Gasteiger partial charge in [0.25, 0.3) is 5.91 Å². The van der Waals surface area contributed by atoms with E-state index < -0.39 is 0 Å². The summed E-state index contributed by atoms with van der Waals surface area (Å²) in [6.07, 6.45) is 6.28. The smallest absolute Gasteiger partial charge is 0.261 e. The normalized spacial score (nSPS) is 16.5. The fourth-order valence-electron chi connectivity index (χ4n) is 4.22. The molecule has 1 atom stereocenters. The number of carbonyl (C=O) groups excluding carboxylic acids is 2. The van der Waals surface area contributed by atoms with Crippen LogP contribution >= 0.6 is 0 Å². The Morgan fingerprint density at radius 2 is 1.65 bits per heavy atom. The van der Waals surface area contributed by atoms with Gasteiger partial charge >= 0.3 is 0 Å². The number of ketones is 1. The Kier molecular flexibility index (Phi) is 6.51. The van der Waals surface area contributed by atoms with Crippen LogP contribution in [0.5, 0.6) is 5.75 Å². The zero-order valence-electron chi connectivity index (χ0n) is 17.9. The highest BCUT2D eigenvalue weighted by Gasteiger charge is 2.28. The molecule has 0 radical (unpaired) electrons. The maximum Gasteiger partial charge on any atom is 0.261 e. The van der Waals surface area contributed by atoms with Gasteiger partial charge in [-0.15, -0.1) is 0 Å². The van der Waals surface area contributed by atoms with Crippen molar-refractivity contribution in [2.75, 3.05) is 13.2 Å². The molecule has 1 aromatic heterocycles. The zero-order valence-corrected chi connectivity index (χ0v) is 17.9. The van der Waals surface area contributed by atoms with Crippen molar-refractivity contribution in [2.24, 2.45) is 7.05 Å². The van der Waals surface area contributed by atoms with Crippen molar-refractivity contribution in [1.29, 1.82) is 0 Å². The Hall–Kier alpha value is -3.34. The number of benzene rings is 2. The third-order valence-corrected chi connectivity index (χ3v) is 5.91. The number of aromatic nitrogens is 1. The van der Waals surface area contributed by atoms with E-state index in [0.717, 1.165) is 32.2 Å². The van der Waals surface area contributed by atoms with Crippen molar-refractivity contribution in [2.45, 2.75) is 31.7 Å². The van der Waals surface area contributed by atoms with E-state index >= 15 is 0 Å². The van der Waals surface area contributed by atoms with Crippen molar-refractivity contribution in [1.82, 2.24) is 9.47 Å². The van der Waals surface area contributed by atoms with Gasteiger partial charge in [0.15, 0.2) is 12.4 Å². The summed E-state index contributed by atoms with van der Waals surface area (Å²) in [6.45, 7) is 0.745. The molecule has 5 heteroatoms. The van der Waals surface area contributed by atoms with Gasteiger partial charge in [-0.05, 0) is 49.2 Å². The molecule has 2 heterocycles. The SMILES string of the molecule is Cn1cccc1[C@@H]1CCCCCN1C(=O)COc1ccc(C(=O)c2ccccc2)cc1. The second-order valence-corrected chi connectivity index (χ2v) is 8.00. The van der Waals surface area contributed by atoms with Gasteiger partial charge in [-0.1, -0.05) is 43.2 Å². The lowest BCUT2D eigenvalue weighted by atomic mass is 10.0. The maximum atomic E-state index is 13.0. The van der Waals surface area contributed by atoms with E-state index in [-0.39, 0.29) is 24.3 Å². The molecule has 0 aliphatic carbocycles. The van der Waals surface area contributed by atoms with Crippen LogP contribution in [-0.4, -0.2) is 34.3 Å².